The van der Waals surface area contributed by atoms with Crippen molar-refractivity contribution in [3.05, 3.63) is 0 Å². The largest absolute Gasteiger partial charge is 0.444 e. The summed E-state index contributed by atoms with van der Waals surface area (Å²) in [5, 5.41) is 2.65. The molecule has 0 aliphatic carbocycles. The van der Waals surface area contributed by atoms with Gasteiger partial charge in [-0.1, -0.05) is 0 Å². The lowest BCUT2D eigenvalue weighted by molar-refractivity contribution is 0.0503. The van der Waals surface area contributed by atoms with Crippen LogP contribution >= 0.6 is 0 Å². The molecule has 0 aliphatic heterocycles. The molecule has 0 aromatic heterocycles. The summed E-state index contributed by atoms with van der Waals surface area (Å²) in [6.45, 7) is 9.14. The van der Waals surface area contributed by atoms with Crippen molar-refractivity contribution in [1.82, 2.24) is 5.32 Å². The van der Waals surface area contributed by atoms with Gasteiger partial charge in [-0.25, -0.2) is 4.79 Å². The lowest BCUT2D eigenvalue weighted by Gasteiger charge is -2.23. The molecule has 78 valence electrons. The van der Waals surface area contributed by atoms with Crippen LogP contribution in [0.4, 0.5) is 4.79 Å². The lowest BCUT2D eigenvalue weighted by atomic mass is 10.2. The smallest absolute Gasteiger partial charge is 0.407 e. The second-order valence-electron chi connectivity index (χ2n) is 4.29. The highest BCUT2D eigenvalue weighted by Crippen LogP contribution is 2.06. The molecule has 3 N–H and O–H groups in total. The number of rotatable bonds is 2. The molecule has 1 amide bonds. The molecular weight excluding hydrogens is 168 g/mol. The van der Waals surface area contributed by atoms with Crippen molar-refractivity contribution in [3.63, 3.8) is 0 Å². The summed E-state index contributed by atoms with van der Waals surface area (Å²) in [5.41, 5.74) is 5.12. The molecule has 0 radical (unpaired) electrons. The fourth-order valence-electron chi connectivity index (χ4n) is 0.625. The zero-order chi connectivity index (χ0) is 10.6. The van der Waals surface area contributed by atoms with Gasteiger partial charge in [0.1, 0.15) is 5.60 Å². The Morgan fingerprint density at radius 2 is 1.85 bits per heavy atom. The van der Waals surface area contributed by atoms with E-state index in [9.17, 15) is 4.79 Å². The third-order valence-electron chi connectivity index (χ3n) is 1.53. The first kappa shape index (κ1) is 12.2. The number of carbonyl (C=O) groups is 1. The van der Waals surface area contributed by atoms with Crippen LogP contribution in [0.2, 0.25) is 0 Å². The van der Waals surface area contributed by atoms with Gasteiger partial charge in [-0.2, -0.15) is 0 Å². The minimum Gasteiger partial charge on any atom is -0.444 e. The molecule has 4 nitrogen and oxygen atoms in total. The number of hydrogen-bond donors (Lipinski definition) is 2. The number of nitrogens with two attached hydrogens (primary N) is 1. The molecule has 0 aliphatic rings. The minimum absolute atomic E-state index is 0.0742. The highest BCUT2D eigenvalue weighted by atomic mass is 16.6. The molecule has 0 saturated heterocycles. The van der Waals surface area contributed by atoms with Gasteiger partial charge in [0.25, 0.3) is 0 Å². The van der Waals surface area contributed by atoms with Crippen molar-refractivity contribution in [1.29, 1.82) is 0 Å². The van der Waals surface area contributed by atoms with Crippen LogP contribution in [-0.4, -0.2) is 23.8 Å². The van der Waals surface area contributed by atoms with Crippen molar-refractivity contribution in [2.75, 3.05) is 0 Å². The highest BCUT2D eigenvalue weighted by Gasteiger charge is 2.18. The molecule has 0 saturated carbocycles. The van der Waals surface area contributed by atoms with E-state index in [-0.39, 0.29) is 12.1 Å². The summed E-state index contributed by atoms with van der Waals surface area (Å²) < 4.78 is 5.05. The van der Waals surface area contributed by atoms with Crippen LogP contribution in [0.25, 0.3) is 0 Å². The monoisotopic (exact) mass is 188 g/mol. The standard InChI is InChI=1S/C9H20N2O2/c1-6(10)7(2)11-8(12)13-9(3,4)5/h6-7H,10H2,1-5H3,(H,11,12)/t6-,7+/m1/s1. The van der Waals surface area contributed by atoms with E-state index in [2.05, 4.69) is 5.32 Å². The third-order valence-corrected chi connectivity index (χ3v) is 1.53. The van der Waals surface area contributed by atoms with E-state index in [4.69, 9.17) is 10.5 Å². The van der Waals surface area contributed by atoms with Gasteiger partial charge >= 0.3 is 6.09 Å². The van der Waals surface area contributed by atoms with Crippen molar-refractivity contribution >= 4 is 6.09 Å². The van der Waals surface area contributed by atoms with Gasteiger partial charge in [-0.15, -0.1) is 0 Å². The van der Waals surface area contributed by atoms with Crippen LogP contribution < -0.4 is 11.1 Å². The van der Waals surface area contributed by atoms with E-state index >= 15 is 0 Å². The highest BCUT2D eigenvalue weighted by molar-refractivity contribution is 5.68. The Balaban J connectivity index is 3.89. The predicted molar refractivity (Wildman–Crippen MR) is 52.5 cm³/mol. The summed E-state index contributed by atoms with van der Waals surface area (Å²) in [7, 11) is 0. The topological polar surface area (TPSA) is 64.3 Å². The Morgan fingerprint density at radius 3 is 2.15 bits per heavy atom. The van der Waals surface area contributed by atoms with Gasteiger partial charge in [0, 0.05) is 12.1 Å². The molecular formula is C9H20N2O2. The molecule has 2 atom stereocenters. The third kappa shape index (κ3) is 6.40. The van der Waals surface area contributed by atoms with E-state index in [0.29, 0.717) is 0 Å². The summed E-state index contributed by atoms with van der Waals surface area (Å²) in [6.07, 6.45) is -0.419. The fourth-order valence-corrected chi connectivity index (χ4v) is 0.625. The van der Waals surface area contributed by atoms with Crippen molar-refractivity contribution in [2.24, 2.45) is 5.73 Å². The summed E-state index contributed by atoms with van der Waals surface area (Å²) in [4.78, 5) is 11.2. The van der Waals surface area contributed by atoms with Crippen LogP contribution in [0.1, 0.15) is 34.6 Å². The summed E-state index contributed by atoms with van der Waals surface area (Å²) in [5.74, 6) is 0. The zero-order valence-corrected chi connectivity index (χ0v) is 9.05. The number of amides is 1. The Kier molecular flexibility index (Phi) is 4.20. The molecule has 0 fully saturated rings. The van der Waals surface area contributed by atoms with Crippen molar-refractivity contribution in [2.45, 2.75) is 52.3 Å². The molecule has 0 spiro atoms. The number of ether oxygens (including phenoxy) is 1. The van der Waals surface area contributed by atoms with Crippen LogP contribution in [0.3, 0.4) is 0 Å². The van der Waals surface area contributed by atoms with E-state index in [1.54, 1.807) is 0 Å². The van der Waals surface area contributed by atoms with Gasteiger partial charge < -0.3 is 15.8 Å². The SMILES string of the molecule is C[C@H](NC(=O)OC(C)(C)C)[C@@H](C)N. The normalized spacial score (nSPS) is 16.2. The Hall–Kier alpha value is -0.770. The van der Waals surface area contributed by atoms with Crippen LogP contribution in [0.5, 0.6) is 0 Å². The van der Waals surface area contributed by atoms with Gasteiger partial charge in [-0.3, -0.25) is 0 Å². The number of carbonyl (C=O) groups excluding carboxylic acids is 1. The average molecular weight is 188 g/mol. The predicted octanol–water partition coefficient (Wildman–Crippen LogP) is 1.25. The lowest BCUT2D eigenvalue weighted by Crippen LogP contribution is -2.45. The minimum atomic E-state index is -0.457. The molecule has 0 aromatic carbocycles. The molecule has 4 heteroatoms. The molecule has 0 unspecified atom stereocenters. The van der Waals surface area contributed by atoms with Gasteiger partial charge in [0.2, 0.25) is 0 Å². The van der Waals surface area contributed by atoms with Crippen LogP contribution in [-0.2, 0) is 4.74 Å². The molecule has 0 aromatic rings. The van der Waals surface area contributed by atoms with Crippen LogP contribution in [0.15, 0.2) is 0 Å². The first-order valence-electron chi connectivity index (χ1n) is 4.47. The maximum absolute atomic E-state index is 11.2. The Labute approximate surface area is 79.8 Å². The zero-order valence-electron chi connectivity index (χ0n) is 9.05. The second-order valence-corrected chi connectivity index (χ2v) is 4.29. The Morgan fingerprint density at radius 1 is 1.38 bits per heavy atom. The first-order valence-corrected chi connectivity index (χ1v) is 4.47. The number of hydrogen-bond acceptors (Lipinski definition) is 3. The van der Waals surface area contributed by atoms with E-state index < -0.39 is 11.7 Å². The van der Waals surface area contributed by atoms with Crippen molar-refractivity contribution in [3.8, 4) is 0 Å². The quantitative estimate of drug-likeness (QED) is 0.685. The van der Waals surface area contributed by atoms with Crippen LogP contribution in [0, 0.1) is 0 Å². The van der Waals surface area contributed by atoms with Gasteiger partial charge in [0.05, 0.1) is 0 Å². The summed E-state index contributed by atoms with van der Waals surface area (Å²) >= 11 is 0. The number of nitrogens with one attached hydrogen (secondary N) is 1. The molecule has 0 heterocycles. The fraction of sp³-hybridized carbons (Fsp3) is 0.889. The number of alkyl carbamates (subject to hydrolysis) is 1. The van der Waals surface area contributed by atoms with Gasteiger partial charge in [0.15, 0.2) is 0 Å². The van der Waals surface area contributed by atoms with E-state index in [1.807, 2.05) is 34.6 Å². The summed E-state index contributed by atoms with van der Waals surface area (Å²) in [6, 6.07) is -0.151. The van der Waals surface area contributed by atoms with Gasteiger partial charge in [-0.05, 0) is 34.6 Å². The average Bonchev–Trinajstić information content (AvgIpc) is 1.81. The first-order chi connectivity index (χ1) is 5.72. The molecule has 13 heavy (non-hydrogen) atoms. The van der Waals surface area contributed by atoms with Crippen molar-refractivity contribution < 1.29 is 9.53 Å². The molecule has 0 bridgehead atoms. The maximum atomic E-state index is 11.2. The molecule has 0 rings (SSSR count). The van der Waals surface area contributed by atoms with E-state index in [1.165, 1.54) is 0 Å². The second kappa shape index (κ2) is 4.46. The van der Waals surface area contributed by atoms with E-state index in [0.717, 1.165) is 0 Å². The Bertz CT molecular complexity index is 173. The maximum Gasteiger partial charge on any atom is 0.407 e.